The van der Waals surface area contributed by atoms with Gasteiger partial charge in [0.05, 0.1) is 67.1 Å². The smallest absolute Gasteiger partial charge is 0.429 e. The number of aryl methyl sites for hydroxylation is 2. The van der Waals surface area contributed by atoms with Crippen molar-refractivity contribution in [1.29, 1.82) is 0 Å². The Morgan fingerprint density at radius 1 is 0.757 bits per heavy atom. The van der Waals surface area contributed by atoms with Crippen molar-refractivity contribution < 1.29 is 81.3 Å². The van der Waals surface area contributed by atoms with E-state index >= 15 is 4.79 Å². The van der Waals surface area contributed by atoms with E-state index in [0.717, 1.165) is 24.0 Å². The van der Waals surface area contributed by atoms with E-state index in [1.54, 1.807) is 56.3 Å². The summed E-state index contributed by atoms with van der Waals surface area (Å²) in [5.41, 5.74) is 8.65. The highest BCUT2D eigenvalue weighted by atomic mass is 32.2. The van der Waals surface area contributed by atoms with Crippen LogP contribution in [-0.2, 0) is 84.7 Å². The molecule has 2 aliphatic heterocycles. The van der Waals surface area contributed by atoms with Crippen molar-refractivity contribution in [2.75, 3.05) is 67.8 Å². The van der Waals surface area contributed by atoms with Crippen molar-refractivity contribution in [3.05, 3.63) is 70.3 Å². The number of nitrogens with zero attached hydrogens (tertiary/aromatic N) is 4. The molecular formula is C81H124N8O17S. The van der Waals surface area contributed by atoms with Crippen LogP contribution < -0.4 is 21.7 Å². The highest BCUT2D eigenvalue weighted by Gasteiger charge is 2.49. The Labute approximate surface area is 638 Å². The molecule has 12 atom stereocenters. The number of carbonyl (C=O) groups excluding carboxylic acids is 13. The number of likely N-dealkylation sites (N-methyl/N-ethyl adjacent to an activating group) is 2. The Hall–Kier alpha value is -7.42. The van der Waals surface area contributed by atoms with Crippen LogP contribution >= 0.6 is 11.8 Å². The molecule has 2 aromatic rings. The van der Waals surface area contributed by atoms with Gasteiger partial charge in [-0.15, -0.1) is 11.8 Å². The number of nitrogens with one attached hydrogen (secondary N) is 3. The molecule has 2 aromatic carbocycles. The Morgan fingerprint density at radius 2 is 1.41 bits per heavy atom. The summed E-state index contributed by atoms with van der Waals surface area (Å²) in [5.74, 6) is -5.71. The molecule has 2 heterocycles. The fourth-order valence-corrected chi connectivity index (χ4v) is 16.5. The molecule has 107 heavy (non-hydrogen) atoms. The normalized spacial score (nSPS) is 18.8. The van der Waals surface area contributed by atoms with Crippen LogP contribution in [0.1, 0.15) is 204 Å². The van der Waals surface area contributed by atoms with Crippen LogP contribution in [0.5, 0.6) is 0 Å². The molecule has 596 valence electrons. The minimum atomic E-state index is -1.05. The van der Waals surface area contributed by atoms with E-state index in [2.05, 4.69) is 16.0 Å². The van der Waals surface area contributed by atoms with Gasteiger partial charge in [0.1, 0.15) is 18.5 Å². The summed E-state index contributed by atoms with van der Waals surface area (Å²) < 4.78 is 23.8. The summed E-state index contributed by atoms with van der Waals surface area (Å²) in [7, 11) is 9.89. The number of imide groups is 1. The zero-order valence-corrected chi connectivity index (χ0v) is 67.5. The fourth-order valence-electron chi connectivity index (χ4n) is 15.0. The predicted octanol–water partition coefficient (Wildman–Crippen LogP) is 8.88. The van der Waals surface area contributed by atoms with Gasteiger partial charge in [-0.1, -0.05) is 130 Å². The second-order valence-corrected chi connectivity index (χ2v) is 32.6. The molecule has 5 rings (SSSR count). The Balaban J connectivity index is 1.24. The van der Waals surface area contributed by atoms with Gasteiger partial charge < -0.3 is 50.4 Å². The number of Topliss-reactive ketones (excluding diaryl/α,β-unsaturated/α-hetero) is 4. The monoisotopic (exact) mass is 1510 g/mol. The number of primary amides is 1. The van der Waals surface area contributed by atoms with Crippen LogP contribution in [-0.4, -0.2) is 212 Å². The van der Waals surface area contributed by atoms with Gasteiger partial charge in [0, 0.05) is 109 Å². The first-order valence-corrected chi connectivity index (χ1v) is 39.4. The average molecular weight is 1510 g/mol. The molecule has 0 radical (unpaired) electrons. The molecule has 5 N–H and O–H groups in total. The number of ether oxygens (including phenoxy) is 4. The van der Waals surface area contributed by atoms with Gasteiger partial charge in [-0.25, -0.2) is 4.79 Å². The molecule has 25 nitrogen and oxygen atoms in total. The zero-order valence-electron chi connectivity index (χ0n) is 66.7. The van der Waals surface area contributed by atoms with Crippen molar-refractivity contribution in [2.45, 2.75) is 246 Å². The predicted molar refractivity (Wildman–Crippen MR) is 409 cm³/mol. The lowest BCUT2D eigenvalue weighted by Crippen LogP contribution is -2.54. The average Bonchev–Trinajstić information content (AvgIpc) is 1.69. The summed E-state index contributed by atoms with van der Waals surface area (Å²) in [6.07, 6.45) is 1.68. The zero-order chi connectivity index (χ0) is 79.7. The molecule has 26 heteroatoms. The Bertz CT molecular complexity index is 3390. The maximum atomic E-state index is 15.1. The minimum Gasteiger partial charge on any atom is -0.429 e. The summed E-state index contributed by atoms with van der Waals surface area (Å²) in [4.78, 5) is 183. The van der Waals surface area contributed by atoms with Crippen molar-refractivity contribution >= 4 is 88.3 Å². The minimum absolute atomic E-state index is 0.0110. The van der Waals surface area contributed by atoms with E-state index < -0.39 is 95.3 Å². The molecular weight excluding hydrogens is 1390 g/mol. The molecule has 0 aromatic heterocycles. The van der Waals surface area contributed by atoms with E-state index in [4.69, 9.17) is 24.7 Å². The van der Waals surface area contributed by atoms with Crippen molar-refractivity contribution in [1.82, 2.24) is 35.6 Å². The maximum Gasteiger partial charge on any atom is 0.508 e. The van der Waals surface area contributed by atoms with Gasteiger partial charge in [-0.05, 0) is 112 Å². The largest absolute Gasteiger partial charge is 0.508 e. The van der Waals surface area contributed by atoms with Crippen LogP contribution in [0.2, 0.25) is 0 Å². The van der Waals surface area contributed by atoms with Crippen LogP contribution in [0, 0.1) is 60.7 Å². The molecule has 8 amide bonds. The van der Waals surface area contributed by atoms with Gasteiger partial charge in [0.25, 0.3) is 0 Å². The molecule has 3 aliphatic rings. The first-order chi connectivity index (χ1) is 50.5. The second kappa shape index (κ2) is 43.1. The van der Waals surface area contributed by atoms with E-state index in [-0.39, 0.29) is 160 Å². The SMILES string of the molecule is CC[C@H](C)[C@@H]([C@@H](CC(=O)N1C[C@@H](OC(=O)OCc2ccc(CC(=O)[C@H](CCCCC(N)=O)NC(=O)[C@@H](CC(=O)CCCCCN3C(=O)CC(SCC4(CC(=O)NC)CC4)C3=O)C(C)C)cc2)C[C@H]1[C@H](OC)[C@@H](C)C(=O)NCC(=O)c1ccc(C)cc1C)OC)N(C)C(=O)[C@@H](CC(=O)[C@H](C(C)C)N(C)C)C(C)C. The molecule has 0 spiro atoms. The van der Waals surface area contributed by atoms with Gasteiger partial charge in [-0.3, -0.25) is 67.3 Å². The summed E-state index contributed by atoms with van der Waals surface area (Å²) in [5, 5.41) is 7.89. The van der Waals surface area contributed by atoms with E-state index in [1.165, 1.54) is 35.8 Å². The number of thioether (sulfide) groups is 1. The first-order valence-electron chi connectivity index (χ1n) is 38.4. The number of carbonyl (C=O) groups is 13. The van der Waals surface area contributed by atoms with E-state index in [9.17, 15) is 57.5 Å². The number of unbranched alkanes of at least 4 members (excludes halogenated alkanes) is 3. The standard InChI is InChI=1S/C81H124N8O17S/c1-18-52(9)74(87(15)78(100)61(49(4)5)40-65(92)73(50(6)7)86(13)14)67(103-16)41-71(96)89-45-58(39-63(89)75(104-17)54(11)76(98)84-44-66(93)59-32-27-51(8)36-53(59)10)106-80(102)105-46-56-30-28-55(29-31-56)37-64(91)62(25-21-22-26-69(82)94)85-77(99)60(48(2)3)38-57(90)24-20-19-23-35-88-72(97)42-68(79(88)101)107-47-81(33-34-81)43-70(95)83-12/h27-32,36,48-50,52,54,58,60-63,67-68,73-75H,18-26,33-35,37-47H2,1-17H3,(H2,82,94)(H,83,95)(H,84,98)(H,85,99)/t52-,54+,58-,60-,61-,62-,63-,67+,68?,73-,74-,75+/m0/s1. The highest BCUT2D eigenvalue weighted by molar-refractivity contribution is 8.00. The van der Waals surface area contributed by atoms with Gasteiger partial charge >= 0.3 is 6.16 Å². The van der Waals surface area contributed by atoms with Gasteiger partial charge in [0.15, 0.2) is 17.3 Å². The second-order valence-electron chi connectivity index (χ2n) is 31.4. The fraction of sp³-hybridized carbons (Fsp3) is 0.691. The van der Waals surface area contributed by atoms with E-state index in [1.807, 2.05) is 100 Å². The molecule has 1 saturated carbocycles. The summed E-state index contributed by atoms with van der Waals surface area (Å²) in [6, 6.07) is 9.33. The quantitative estimate of drug-likeness (QED) is 0.0208. The lowest BCUT2D eigenvalue weighted by Gasteiger charge is -2.41. The highest BCUT2D eigenvalue weighted by Crippen LogP contribution is 2.52. The summed E-state index contributed by atoms with van der Waals surface area (Å²) in [6.45, 7) is 20.4. The number of hydrogen-bond acceptors (Lipinski definition) is 19. The number of likely N-dealkylation sites (tertiary alicyclic amines) is 2. The molecule has 1 aliphatic carbocycles. The van der Waals surface area contributed by atoms with Crippen LogP contribution in [0.25, 0.3) is 0 Å². The third-order valence-electron chi connectivity index (χ3n) is 21.8. The molecule has 0 bridgehead atoms. The Kier molecular flexibility index (Phi) is 36.3. The third-order valence-corrected chi connectivity index (χ3v) is 23.4. The van der Waals surface area contributed by atoms with Crippen molar-refractivity contribution in [3.8, 4) is 0 Å². The lowest BCUT2D eigenvalue weighted by molar-refractivity contribution is -0.149. The third kappa shape index (κ3) is 27.0. The van der Waals surface area contributed by atoms with Crippen LogP contribution in [0.4, 0.5) is 4.79 Å². The molecule has 3 fully saturated rings. The molecule has 2 saturated heterocycles. The first kappa shape index (κ1) is 90.2. The number of ketones is 4. The number of benzene rings is 2. The maximum absolute atomic E-state index is 15.1. The Morgan fingerprint density at radius 3 is 1.99 bits per heavy atom. The van der Waals surface area contributed by atoms with Crippen LogP contribution in [0.3, 0.4) is 0 Å². The van der Waals surface area contributed by atoms with Crippen molar-refractivity contribution in [3.63, 3.8) is 0 Å². The summed E-state index contributed by atoms with van der Waals surface area (Å²) >= 11 is 1.45. The number of rotatable bonds is 48. The van der Waals surface area contributed by atoms with Gasteiger partial charge in [-0.2, -0.15) is 0 Å². The lowest BCUT2D eigenvalue weighted by atomic mass is 9.83. The number of hydrogen-bond donors (Lipinski definition) is 4. The van der Waals surface area contributed by atoms with Crippen LogP contribution in [0.15, 0.2) is 42.5 Å². The van der Waals surface area contributed by atoms with Gasteiger partial charge in [0.2, 0.25) is 47.3 Å². The number of amides is 8. The van der Waals surface area contributed by atoms with E-state index in [0.29, 0.717) is 67.4 Å². The number of methoxy groups -OCH3 is 2. The molecule has 1 unspecified atom stereocenters. The van der Waals surface area contributed by atoms with Crippen molar-refractivity contribution in [2.24, 2.45) is 52.6 Å². The number of nitrogens with two attached hydrogens (primary N) is 1. The topological polar surface area (TPSA) is 334 Å².